The van der Waals surface area contributed by atoms with E-state index in [0.29, 0.717) is 12.2 Å². The smallest absolute Gasteiger partial charge is 0.333 e. The molecule has 0 fully saturated rings. The molecule has 2 heteroatoms. The Balaban J connectivity index is 2.82. The highest BCUT2D eigenvalue weighted by molar-refractivity contribution is 5.92. The van der Waals surface area contributed by atoms with Crippen LogP contribution in [0.1, 0.15) is 25.0 Å². The molecule has 0 amide bonds. The quantitative estimate of drug-likeness (QED) is 0.559. The minimum atomic E-state index is -0.251. The topological polar surface area (TPSA) is 26.3 Å². The van der Waals surface area contributed by atoms with Gasteiger partial charge in [-0.3, -0.25) is 0 Å². The zero-order valence-electron chi connectivity index (χ0n) is 9.41. The standard InChI is InChI=1S/C13H16O2/c1-4-15-13(14)11(3)9-12-7-5-6-10(2)8-12/h5-9H,4H2,1-3H3/b11-9+. The van der Waals surface area contributed by atoms with E-state index in [2.05, 4.69) is 0 Å². The van der Waals surface area contributed by atoms with Crippen molar-refractivity contribution in [2.75, 3.05) is 6.61 Å². The molecule has 15 heavy (non-hydrogen) atoms. The number of aryl methyl sites for hydroxylation is 1. The maximum absolute atomic E-state index is 11.3. The van der Waals surface area contributed by atoms with Crippen LogP contribution in [0.3, 0.4) is 0 Å². The summed E-state index contributed by atoms with van der Waals surface area (Å²) in [6.45, 7) is 6.01. The molecule has 1 rings (SSSR count). The van der Waals surface area contributed by atoms with Crippen LogP contribution in [0.25, 0.3) is 6.08 Å². The van der Waals surface area contributed by atoms with E-state index in [1.807, 2.05) is 37.3 Å². The molecular formula is C13H16O2. The van der Waals surface area contributed by atoms with E-state index in [-0.39, 0.29) is 5.97 Å². The van der Waals surface area contributed by atoms with Crippen LogP contribution in [0.15, 0.2) is 29.8 Å². The van der Waals surface area contributed by atoms with Crippen molar-refractivity contribution in [1.82, 2.24) is 0 Å². The van der Waals surface area contributed by atoms with E-state index in [4.69, 9.17) is 4.74 Å². The number of rotatable bonds is 3. The molecule has 0 N–H and O–H groups in total. The fourth-order valence-electron chi connectivity index (χ4n) is 1.31. The molecule has 0 aliphatic heterocycles. The maximum atomic E-state index is 11.3. The van der Waals surface area contributed by atoms with Crippen LogP contribution in [0, 0.1) is 6.92 Å². The Kier molecular flexibility index (Phi) is 4.10. The monoisotopic (exact) mass is 204 g/mol. The number of carbonyl (C=O) groups excluding carboxylic acids is 1. The summed E-state index contributed by atoms with van der Waals surface area (Å²) in [6.07, 6.45) is 1.84. The number of ether oxygens (including phenoxy) is 1. The molecule has 0 bridgehead atoms. The van der Waals surface area contributed by atoms with Gasteiger partial charge in [0.05, 0.1) is 6.61 Å². The summed E-state index contributed by atoms with van der Waals surface area (Å²) in [5.74, 6) is -0.251. The molecule has 0 saturated heterocycles. The summed E-state index contributed by atoms with van der Waals surface area (Å²) in [5, 5.41) is 0. The van der Waals surface area contributed by atoms with Gasteiger partial charge in [-0.2, -0.15) is 0 Å². The molecule has 0 unspecified atom stereocenters. The molecule has 1 aromatic rings. The van der Waals surface area contributed by atoms with Gasteiger partial charge in [0.1, 0.15) is 0 Å². The van der Waals surface area contributed by atoms with Gasteiger partial charge in [-0.15, -0.1) is 0 Å². The van der Waals surface area contributed by atoms with Crippen LogP contribution in [-0.4, -0.2) is 12.6 Å². The summed E-state index contributed by atoms with van der Waals surface area (Å²) in [7, 11) is 0. The van der Waals surface area contributed by atoms with E-state index in [0.717, 1.165) is 5.56 Å². The van der Waals surface area contributed by atoms with Crippen LogP contribution < -0.4 is 0 Å². The molecule has 1 aromatic carbocycles. The Labute approximate surface area is 90.6 Å². The maximum Gasteiger partial charge on any atom is 0.333 e. The first-order valence-corrected chi connectivity index (χ1v) is 5.05. The van der Waals surface area contributed by atoms with Crippen LogP contribution >= 0.6 is 0 Å². The number of hydrogen-bond acceptors (Lipinski definition) is 2. The highest BCUT2D eigenvalue weighted by Crippen LogP contribution is 2.09. The van der Waals surface area contributed by atoms with Crippen LogP contribution in [0.5, 0.6) is 0 Å². The van der Waals surface area contributed by atoms with Gasteiger partial charge < -0.3 is 4.74 Å². The fraction of sp³-hybridized carbons (Fsp3) is 0.308. The van der Waals surface area contributed by atoms with Gasteiger partial charge in [-0.1, -0.05) is 29.8 Å². The molecule has 0 aliphatic carbocycles. The third-order valence-electron chi connectivity index (χ3n) is 2.02. The molecule has 0 spiro atoms. The van der Waals surface area contributed by atoms with Crippen molar-refractivity contribution >= 4 is 12.0 Å². The van der Waals surface area contributed by atoms with E-state index in [1.54, 1.807) is 13.8 Å². The minimum Gasteiger partial charge on any atom is -0.463 e. The molecular weight excluding hydrogens is 188 g/mol. The normalized spacial score (nSPS) is 11.3. The van der Waals surface area contributed by atoms with Gasteiger partial charge in [0.25, 0.3) is 0 Å². The van der Waals surface area contributed by atoms with E-state index < -0.39 is 0 Å². The van der Waals surface area contributed by atoms with Gasteiger partial charge >= 0.3 is 5.97 Å². The second-order valence-corrected chi connectivity index (χ2v) is 3.46. The lowest BCUT2D eigenvalue weighted by molar-refractivity contribution is -0.138. The Hall–Kier alpha value is -1.57. The molecule has 0 aromatic heterocycles. The predicted molar refractivity (Wildman–Crippen MR) is 61.5 cm³/mol. The Bertz CT molecular complexity index is 378. The van der Waals surface area contributed by atoms with Crippen molar-refractivity contribution < 1.29 is 9.53 Å². The Morgan fingerprint density at radius 1 is 1.47 bits per heavy atom. The van der Waals surface area contributed by atoms with Gasteiger partial charge in [0, 0.05) is 5.57 Å². The summed E-state index contributed by atoms with van der Waals surface area (Å²) >= 11 is 0. The number of hydrogen-bond donors (Lipinski definition) is 0. The predicted octanol–water partition coefficient (Wildman–Crippen LogP) is 2.96. The van der Waals surface area contributed by atoms with Crippen molar-refractivity contribution in [2.45, 2.75) is 20.8 Å². The van der Waals surface area contributed by atoms with Gasteiger partial charge in [0.2, 0.25) is 0 Å². The zero-order chi connectivity index (χ0) is 11.3. The number of esters is 1. The third-order valence-corrected chi connectivity index (χ3v) is 2.02. The molecule has 0 radical (unpaired) electrons. The SMILES string of the molecule is CCOC(=O)/C(C)=C/c1cccc(C)c1. The molecule has 2 nitrogen and oxygen atoms in total. The van der Waals surface area contributed by atoms with E-state index >= 15 is 0 Å². The van der Waals surface area contributed by atoms with Crippen molar-refractivity contribution in [2.24, 2.45) is 0 Å². The highest BCUT2D eigenvalue weighted by atomic mass is 16.5. The Morgan fingerprint density at radius 2 is 2.20 bits per heavy atom. The van der Waals surface area contributed by atoms with Crippen LogP contribution in [-0.2, 0) is 9.53 Å². The molecule has 0 heterocycles. The van der Waals surface area contributed by atoms with Crippen molar-refractivity contribution in [1.29, 1.82) is 0 Å². The third kappa shape index (κ3) is 3.58. The number of benzene rings is 1. The molecule has 80 valence electrons. The average Bonchev–Trinajstić information content (AvgIpc) is 2.18. The largest absolute Gasteiger partial charge is 0.463 e. The van der Waals surface area contributed by atoms with Crippen LogP contribution in [0.2, 0.25) is 0 Å². The first kappa shape index (κ1) is 11.5. The van der Waals surface area contributed by atoms with Gasteiger partial charge in [-0.05, 0) is 32.4 Å². The van der Waals surface area contributed by atoms with Gasteiger partial charge in [-0.25, -0.2) is 4.79 Å². The lowest BCUT2D eigenvalue weighted by Crippen LogP contribution is -2.04. The second kappa shape index (κ2) is 5.35. The highest BCUT2D eigenvalue weighted by Gasteiger charge is 2.03. The zero-order valence-corrected chi connectivity index (χ0v) is 9.41. The second-order valence-electron chi connectivity index (χ2n) is 3.46. The Morgan fingerprint density at radius 3 is 2.80 bits per heavy atom. The first-order valence-electron chi connectivity index (χ1n) is 5.05. The number of carbonyl (C=O) groups is 1. The molecule has 0 aliphatic rings. The summed E-state index contributed by atoms with van der Waals surface area (Å²) in [5.41, 5.74) is 2.84. The van der Waals surface area contributed by atoms with Crippen molar-refractivity contribution in [3.05, 3.63) is 41.0 Å². The molecule has 0 saturated carbocycles. The van der Waals surface area contributed by atoms with Crippen molar-refractivity contribution in [3.63, 3.8) is 0 Å². The summed E-state index contributed by atoms with van der Waals surface area (Å²) < 4.78 is 4.90. The summed E-state index contributed by atoms with van der Waals surface area (Å²) in [4.78, 5) is 11.3. The lowest BCUT2D eigenvalue weighted by atomic mass is 10.1. The van der Waals surface area contributed by atoms with Gasteiger partial charge in [0.15, 0.2) is 0 Å². The summed E-state index contributed by atoms with van der Waals surface area (Å²) in [6, 6.07) is 8.00. The first-order chi connectivity index (χ1) is 7.13. The van der Waals surface area contributed by atoms with Crippen molar-refractivity contribution in [3.8, 4) is 0 Å². The van der Waals surface area contributed by atoms with Crippen LogP contribution in [0.4, 0.5) is 0 Å². The van der Waals surface area contributed by atoms with E-state index in [1.165, 1.54) is 5.56 Å². The fourth-order valence-corrected chi connectivity index (χ4v) is 1.31. The average molecular weight is 204 g/mol. The lowest BCUT2D eigenvalue weighted by Gasteiger charge is -2.02. The van der Waals surface area contributed by atoms with E-state index in [9.17, 15) is 4.79 Å². The molecule has 0 atom stereocenters. The minimum absolute atomic E-state index is 0.251.